The summed E-state index contributed by atoms with van der Waals surface area (Å²) in [6.45, 7) is 1.54. The van der Waals surface area contributed by atoms with Crippen molar-refractivity contribution < 1.29 is 29.1 Å². The molecule has 0 aliphatic carbocycles. The summed E-state index contributed by atoms with van der Waals surface area (Å²) >= 11 is 0. The Hall–Kier alpha value is -2.65. The number of carbonyl (C=O) groups excluding carboxylic acids is 4. The zero-order chi connectivity index (χ0) is 26.3. The lowest BCUT2D eigenvalue weighted by Crippen LogP contribution is -2.47. The molecule has 0 spiro atoms. The van der Waals surface area contributed by atoms with Gasteiger partial charge in [-0.1, -0.05) is 84.0 Å². The molecule has 35 heavy (non-hydrogen) atoms. The number of carboxylic acids is 1. The van der Waals surface area contributed by atoms with E-state index in [-0.39, 0.29) is 25.3 Å². The van der Waals surface area contributed by atoms with Gasteiger partial charge in [-0.05, 0) is 12.8 Å². The number of unbranched alkanes of at least 4 members (excludes halogenated alkanes) is 12. The third-order valence-corrected chi connectivity index (χ3v) is 5.71. The van der Waals surface area contributed by atoms with Gasteiger partial charge in [0.05, 0.1) is 13.1 Å². The molecule has 6 N–H and O–H groups in total. The Kier molecular flexibility index (Phi) is 20.2. The number of carbonyl (C=O) groups is 5. The van der Waals surface area contributed by atoms with Gasteiger partial charge in [0.25, 0.3) is 0 Å². The van der Waals surface area contributed by atoms with Crippen LogP contribution in [0.5, 0.6) is 0 Å². The largest absolute Gasteiger partial charge is 0.480 e. The summed E-state index contributed by atoms with van der Waals surface area (Å²) in [5.41, 5.74) is 4.98. The molecule has 0 saturated heterocycles. The predicted molar refractivity (Wildman–Crippen MR) is 134 cm³/mol. The van der Waals surface area contributed by atoms with Crippen LogP contribution in [0.15, 0.2) is 0 Å². The molecular formula is C25H46N4O6. The van der Waals surface area contributed by atoms with Gasteiger partial charge in [0.1, 0.15) is 6.04 Å². The van der Waals surface area contributed by atoms with Gasteiger partial charge in [-0.25, -0.2) is 4.79 Å². The van der Waals surface area contributed by atoms with Crippen molar-refractivity contribution in [3.63, 3.8) is 0 Å². The molecular weight excluding hydrogens is 452 g/mol. The van der Waals surface area contributed by atoms with E-state index in [1.54, 1.807) is 0 Å². The van der Waals surface area contributed by atoms with Gasteiger partial charge in [0.2, 0.25) is 23.6 Å². The average molecular weight is 499 g/mol. The molecule has 10 heteroatoms. The molecule has 4 amide bonds. The maximum atomic E-state index is 11.9. The summed E-state index contributed by atoms with van der Waals surface area (Å²) in [4.78, 5) is 57.3. The molecule has 0 fully saturated rings. The van der Waals surface area contributed by atoms with Crippen molar-refractivity contribution >= 4 is 29.6 Å². The van der Waals surface area contributed by atoms with Gasteiger partial charge in [-0.3, -0.25) is 19.2 Å². The minimum atomic E-state index is -1.30. The highest BCUT2D eigenvalue weighted by Crippen LogP contribution is 2.12. The van der Waals surface area contributed by atoms with Crippen molar-refractivity contribution in [3.8, 4) is 0 Å². The molecule has 0 aromatic heterocycles. The van der Waals surface area contributed by atoms with E-state index in [0.717, 1.165) is 19.3 Å². The molecule has 0 rings (SSSR count). The number of aliphatic carboxylic acids is 1. The second kappa shape index (κ2) is 21.9. The van der Waals surface area contributed by atoms with Crippen LogP contribution in [-0.2, 0) is 24.0 Å². The molecule has 0 radical (unpaired) electrons. The van der Waals surface area contributed by atoms with Crippen LogP contribution in [0.3, 0.4) is 0 Å². The minimum Gasteiger partial charge on any atom is -0.480 e. The van der Waals surface area contributed by atoms with E-state index in [1.165, 1.54) is 64.2 Å². The van der Waals surface area contributed by atoms with E-state index in [1.807, 2.05) is 0 Å². The van der Waals surface area contributed by atoms with Gasteiger partial charge < -0.3 is 26.8 Å². The Labute approximate surface area is 209 Å². The quantitative estimate of drug-likeness (QED) is 0.136. The van der Waals surface area contributed by atoms with Crippen LogP contribution >= 0.6 is 0 Å². The lowest BCUT2D eigenvalue weighted by molar-refractivity contribution is -0.142. The highest BCUT2D eigenvalue weighted by molar-refractivity contribution is 5.90. The summed E-state index contributed by atoms with van der Waals surface area (Å²) in [6.07, 6.45) is 16.0. The number of carboxylic acid groups (broad SMARTS) is 1. The van der Waals surface area contributed by atoms with E-state index in [4.69, 9.17) is 10.8 Å². The molecule has 0 aliphatic rings. The molecule has 0 aliphatic heterocycles. The number of amides is 4. The highest BCUT2D eigenvalue weighted by Gasteiger charge is 2.20. The maximum Gasteiger partial charge on any atom is 0.326 e. The Balaban J connectivity index is 3.69. The van der Waals surface area contributed by atoms with E-state index in [0.29, 0.717) is 6.42 Å². The fourth-order valence-corrected chi connectivity index (χ4v) is 3.60. The van der Waals surface area contributed by atoms with E-state index < -0.39 is 36.3 Å². The molecule has 202 valence electrons. The third-order valence-electron chi connectivity index (χ3n) is 5.71. The number of rotatable bonds is 23. The molecule has 0 aromatic carbocycles. The first-order chi connectivity index (χ1) is 16.8. The Morgan fingerprint density at radius 3 is 1.60 bits per heavy atom. The van der Waals surface area contributed by atoms with Crippen molar-refractivity contribution in [2.45, 2.75) is 116 Å². The molecule has 1 atom stereocenters. The van der Waals surface area contributed by atoms with Gasteiger partial charge in [-0.15, -0.1) is 0 Å². The minimum absolute atomic E-state index is 0.139. The van der Waals surface area contributed by atoms with Crippen LogP contribution in [-0.4, -0.2) is 53.8 Å². The number of hydrogen-bond acceptors (Lipinski definition) is 5. The van der Waals surface area contributed by atoms with Crippen LogP contribution in [0.4, 0.5) is 0 Å². The van der Waals surface area contributed by atoms with Crippen LogP contribution in [0, 0.1) is 0 Å². The normalized spacial score (nSPS) is 11.5. The van der Waals surface area contributed by atoms with Crippen molar-refractivity contribution in [2.75, 3.05) is 13.1 Å². The van der Waals surface area contributed by atoms with E-state index in [2.05, 4.69) is 22.9 Å². The van der Waals surface area contributed by atoms with E-state index >= 15 is 0 Å². The second-order valence-corrected chi connectivity index (χ2v) is 9.01. The summed E-state index contributed by atoms with van der Waals surface area (Å²) < 4.78 is 0. The fourth-order valence-electron chi connectivity index (χ4n) is 3.60. The SMILES string of the molecule is CCCCCCCCCCCCCCCC(=O)NCC(=O)NCC(=O)N[C@@H](CCC(N)=O)C(=O)O. The first kappa shape index (κ1) is 32.4. The number of nitrogens with two attached hydrogens (primary N) is 1. The van der Waals surface area contributed by atoms with Crippen molar-refractivity contribution in [1.29, 1.82) is 0 Å². The maximum absolute atomic E-state index is 11.9. The van der Waals surface area contributed by atoms with E-state index in [9.17, 15) is 24.0 Å². The third kappa shape index (κ3) is 21.6. The molecule has 0 heterocycles. The molecule has 10 nitrogen and oxygen atoms in total. The van der Waals surface area contributed by atoms with Gasteiger partial charge in [-0.2, -0.15) is 0 Å². The molecule has 0 aromatic rings. The number of nitrogens with one attached hydrogen (secondary N) is 3. The average Bonchev–Trinajstić information content (AvgIpc) is 2.81. The van der Waals surface area contributed by atoms with Crippen molar-refractivity contribution in [1.82, 2.24) is 16.0 Å². The Bertz CT molecular complexity index is 641. The summed E-state index contributed by atoms with van der Waals surface area (Å²) in [7, 11) is 0. The standard InChI is InChI=1S/C25H46N4O6/c1-2-3-4-5-6-7-8-9-10-11-12-13-14-15-22(31)27-18-23(32)28-19-24(33)29-20(25(34)35)16-17-21(26)30/h20H,2-19H2,1H3,(H2,26,30)(H,27,31)(H,28,32)(H,29,33)(H,34,35)/t20-/m0/s1. The molecule has 0 unspecified atom stereocenters. The predicted octanol–water partition coefficient (Wildman–Crippen LogP) is 2.54. The fraction of sp³-hybridized carbons (Fsp3) is 0.800. The number of hydrogen-bond donors (Lipinski definition) is 5. The van der Waals surface area contributed by atoms with Crippen molar-refractivity contribution in [2.24, 2.45) is 5.73 Å². The number of primary amides is 1. The topological polar surface area (TPSA) is 168 Å². The summed E-state index contributed by atoms with van der Waals surface area (Å²) in [5, 5.41) is 16.1. The second-order valence-electron chi connectivity index (χ2n) is 9.01. The highest BCUT2D eigenvalue weighted by atomic mass is 16.4. The van der Waals surface area contributed by atoms with Gasteiger partial charge in [0.15, 0.2) is 0 Å². The van der Waals surface area contributed by atoms with Crippen LogP contribution in [0.1, 0.15) is 110 Å². The van der Waals surface area contributed by atoms with Crippen molar-refractivity contribution in [3.05, 3.63) is 0 Å². The van der Waals surface area contributed by atoms with Gasteiger partial charge >= 0.3 is 5.97 Å². The zero-order valence-electron chi connectivity index (χ0n) is 21.4. The van der Waals surface area contributed by atoms with Crippen LogP contribution in [0.2, 0.25) is 0 Å². The first-order valence-electron chi connectivity index (χ1n) is 13.1. The zero-order valence-corrected chi connectivity index (χ0v) is 21.4. The van der Waals surface area contributed by atoms with Gasteiger partial charge in [0, 0.05) is 12.8 Å². The van der Waals surface area contributed by atoms with Crippen LogP contribution < -0.4 is 21.7 Å². The lowest BCUT2D eigenvalue weighted by Gasteiger charge is -2.14. The summed E-state index contributed by atoms with van der Waals surface area (Å²) in [5.74, 6) is -3.46. The monoisotopic (exact) mass is 498 g/mol. The smallest absolute Gasteiger partial charge is 0.326 e. The molecule has 0 saturated carbocycles. The Morgan fingerprint density at radius 2 is 1.11 bits per heavy atom. The first-order valence-corrected chi connectivity index (χ1v) is 13.1. The van der Waals surface area contributed by atoms with Crippen LogP contribution in [0.25, 0.3) is 0 Å². The summed E-state index contributed by atoms with van der Waals surface area (Å²) in [6, 6.07) is -1.27. The molecule has 0 bridgehead atoms. The lowest BCUT2D eigenvalue weighted by atomic mass is 10.0. The Morgan fingerprint density at radius 1 is 0.657 bits per heavy atom.